The van der Waals surface area contributed by atoms with Crippen LogP contribution in [0.2, 0.25) is 5.02 Å². The Hall–Kier alpha value is -3.30. The third-order valence-corrected chi connectivity index (χ3v) is 5.28. The highest BCUT2D eigenvalue weighted by atomic mass is 35.5. The van der Waals surface area contributed by atoms with Crippen molar-refractivity contribution in [3.63, 3.8) is 0 Å². The maximum absolute atomic E-state index is 12.3. The van der Waals surface area contributed by atoms with E-state index in [0.717, 1.165) is 29.2 Å². The number of hydrogen-bond acceptors (Lipinski definition) is 4. The van der Waals surface area contributed by atoms with Gasteiger partial charge in [-0.25, -0.2) is 4.98 Å². The standard InChI is InChI=1S/C22H20ClN5O/c23-17-5-7-19(8-6-17)28(20-9-10-25-22(20)29)14-18-13-26-21(27-18)11-15-1-3-16(12-24)4-2-15/h1-8,13,20H,9-11,14H2,(H,25,29)(H,26,27). The number of carbonyl (C=O) groups excluding carboxylic acids is 1. The Morgan fingerprint density at radius 1 is 1.17 bits per heavy atom. The van der Waals surface area contributed by atoms with Gasteiger partial charge in [-0.1, -0.05) is 23.7 Å². The lowest BCUT2D eigenvalue weighted by atomic mass is 10.1. The normalized spacial score (nSPS) is 15.7. The van der Waals surface area contributed by atoms with Crippen LogP contribution in [0.3, 0.4) is 0 Å². The minimum absolute atomic E-state index is 0.0391. The molecule has 1 saturated heterocycles. The van der Waals surface area contributed by atoms with Crippen molar-refractivity contribution in [3.05, 3.63) is 82.4 Å². The van der Waals surface area contributed by atoms with Gasteiger partial charge in [-0.15, -0.1) is 0 Å². The number of benzene rings is 2. The largest absolute Gasteiger partial charge is 0.354 e. The van der Waals surface area contributed by atoms with E-state index in [0.29, 0.717) is 30.1 Å². The maximum atomic E-state index is 12.3. The Bertz CT molecular complexity index is 1040. The number of hydrogen-bond donors (Lipinski definition) is 2. The number of aromatic nitrogens is 2. The third kappa shape index (κ3) is 4.41. The van der Waals surface area contributed by atoms with E-state index in [4.69, 9.17) is 16.9 Å². The predicted molar refractivity (Wildman–Crippen MR) is 112 cm³/mol. The molecular weight excluding hydrogens is 386 g/mol. The number of carbonyl (C=O) groups is 1. The summed E-state index contributed by atoms with van der Waals surface area (Å²) in [5.41, 5.74) is 3.60. The molecular formula is C22H20ClN5O. The minimum Gasteiger partial charge on any atom is -0.354 e. The van der Waals surface area contributed by atoms with Crippen LogP contribution in [-0.2, 0) is 17.8 Å². The van der Waals surface area contributed by atoms with E-state index in [1.807, 2.05) is 42.6 Å². The molecule has 1 aromatic heterocycles. The molecule has 0 radical (unpaired) electrons. The number of aromatic amines is 1. The summed E-state index contributed by atoms with van der Waals surface area (Å²) in [5.74, 6) is 0.883. The van der Waals surface area contributed by atoms with E-state index in [2.05, 4.69) is 26.3 Å². The van der Waals surface area contributed by atoms with Crippen molar-refractivity contribution in [2.75, 3.05) is 11.4 Å². The fraction of sp³-hybridized carbons (Fsp3) is 0.227. The van der Waals surface area contributed by atoms with Gasteiger partial charge in [0.05, 0.1) is 30.1 Å². The van der Waals surface area contributed by atoms with Gasteiger partial charge in [0.1, 0.15) is 11.9 Å². The molecule has 4 rings (SSSR count). The van der Waals surface area contributed by atoms with E-state index < -0.39 is 0 Å². The Morgan fingerprint density at radius 3 is 2.59 bits per heavy atom. The molecule has 6 nitrogen and oxygen atoms in total. The summed E-state index contributed by atoms with van der Waals surface area (Å²) in [4.78, 5) is 22.3. The lowest BCUT2D eigenvalue weighted by molar-refractivity contribution is -0.120. The second-order valence-electron chi connectivity index (χ2n) is 7.04. The van der Waals surface area contributed by atoms with Gasteiger partial charge in [-0.2, -0.15) is 5.26 Å². The van der Waals surface area contributed by atoms with Crippen LogP contribution in [0.5, 0.6) is 0 Å². The predicted octanol–water partition coefficient (Wildman–Crippen LogP) is 3.42. The molecule has 2 aromatic carbocycles. The average Bonchev–Trinajstić information content (AvgIpc) is 3.36. The molecule has 1 unspecified atom stereocenters. The number of anilines is 1. The fourth-order valence-corrected chi connectivity index (χ4v) is 3.67. The molecule has 1 aliphatic rings. The van der Waals surface area contributed by atoms with Gasteiger partial charge < -0.3 is 15.2 Å². The average molecular weight is 406 g/mol. The first-order valence-electron chi connectivity index (χ1n) is 9.44. The first-order chi connectivity index (χ1) is 14.1. The van der Waals surface area contributed by atoms with Crippen LogP contribution in [0.1, 0.15) is 29.1 Å². The molecule has 0 bridgehead atoms. The zero-order chi connectivity index (χ0) is 20.2. The van der Waals surface area contributed by atoms with E-state index >= 15 is 0 Å². The second-order valence-corrected chi connectivity index (χ2v) is 7.48. The number of rotatable bonds is 6. The van der Waals surface area contributed by atoms with Crippen molar-refractivity contribution in [1.29, 1.82) is 5.26 Å². The van der Waals surface area contributed by atoms with Crippen LogP contribution in [0.15, 0.2) is 54.7 Å². The van der Waals surface area contributed by atoms with Crippen LogP contribution in [0.4, 0.5) is 5.69 Å². The summed E-state index contributed by atoms with van der Waals surface area (Å²) < 4.78 is 0. The summed E-state index contributed by atoms with van der Waals surface area (Å²) in [6.07, 6.45) is 3.22. The molecule has 1 atom stereocenters. The van der Waals surface area contributed by atoms with Crippen molar-refractivity contribution in [2.24, 2.45) is 0 Å². The SMILES string of the molecule is N#Cc1ccc(Cc2ncc(CN(c3ccc(Cl)cc3)C3CCNC3=O)[nH]2)cc1. The Kier molecular flexibility index (Phi) is 5.50. The van der Waals surface area contributed by atoms with Crippen molar-refractivity contribution in [2.45, 2.75) is 25.4 Å². The van der Waals surface area contributed by atoms with Gasteiger partial charge in [0.15, 0.2) is 0 Å². The Labute approximate surface area is 174 Å². The van der Waals surface area contributed by atoms with Crippen LogP contribution in [0, 0.1) is 11.3 Å². The van der Waals surface area contributed by atoms with Crippen molar-refractivity contribution in [3.8, 4) is 6.07 Å². The molecule has 1 aliphatic heterocycles. The van der Waals surface area contributed by atoms with Crippen molar-refractivity contribution < 1.29 is 4.79 Å². The van der Waals surface area contributed by atoms with Crippen LogP contribution >= 0.6 is 11.6 Å². The highest BCUT2D eigenvalue weighted by Crippen LogP contribution is 2.25. The smallest absolute Gasteiger partial charge is 0.242 e. The fourth-order valence-electron chi connectivity index (χ4n) is 3.54. The monoisotopic (exact) mass is 405 g/mol. The zero-order valence-corrected chi connectivity index (χ0v) is 16.5. The third-order valence-electron chi connectivity index (χ3n) is 5.03. The Balaban J connectivity index is 1.52. The molecule has 2 N–H and O–H groups in total. The molecule has 0 saturated carbocycles. The quantitative estimate of drug-likeness (QED) is 0.658. The molecule has 0 spiro atoms. The first-order valence-corrected chi connectivity index (χ1v) is 9.82. The summed E-state index contributed by atoms with van der Waals surface area (Å²) in [6, 6.07) is 16.9. The first kappa shape index (κ1) is 19.0. The highest BCUT2D eigenvalue weighted by molar-refractivity contribution is 6.30. The molecule has 1 fully saturated rings. The van der Waals surface area contributed by atoms with Gasteiger partial charge in [-0.3, -0.25) is 4.79 Å². The lowest BCUT2D eigenvalue weighted by Crippen LogP contribution is -2.40. The van der Waals surface area contributed by atoms with E-state index in [9.17, 15) is 4.79 Å². The summed E-state index contributed by atoms with van der Waals surface area (Å²) >= 11 is 6.03. The van der Waals surface area contributed by atoms with Gasteiger partial charge in [-0.05, 0) is 48.4 Å². The molecule has 7 heteroatoms. The van der Waals surface area contributed by atoms with E-state index in [1.165, 1.54) is 0 Å². The van der Waals surface area contributed by atoms with Crippen molar-refractivity contribution in [1.82, 2.24) is 15.3 Å². The second kappa shape index (κ2) is 8.38. The number of imidazole rings is 1. The highest BCUT2D eigenvalue weighted by Gasteiger charge is 2.30. The maximum Gasteiger partial charge on any atom is 0.242 e. The minimum atomic E-state index is -0.221. The number of nitriles is 1. The van der Waals surface area contributed by atoms with Gasteiger partial charge in [0.25, 0.3) is 0 Å². The van der Waals surface area contributed by atoms with E-state index in [-0.39, 0.29) is 11.9 Å². The molecule has 1 amide bonds. The number of nitrogens with one attached hydrogen (secondary N) is 2. The van der Waals surface area contributed by atoms with Gasteiger partial charge >= 0.3 is 0 Å². The van der Waals surface area contributed by atoms with Crippen LogP contribution in [-0.4, -0.2) is 28.5 Å². The number of nitrogens with zero attached hydrogens (tertiary/aromatic N) is 3. The number of H-pyrrole nitrogens is 1. The van der Waals surface area contributed by atoms with E-state index in [1.54, 1.807) is 12.1 Å². The van der Waals surface area contributed by atoms with Gasteiger partial charge in [0.2, 0.25) is 5.91 Å². The Morgan fingerprint density at radius 2 is 1.93 bits per heavy atom. The van der Waals surface area contributed by atoms with Gasteiger partial charge in [0, 0.05) is 23.7 Å². The molecule has 29 heavy (non-hydrogen) atoms. The molecule has 3 aromatic rings. The number of halogens is 1. The topological polar surface area (TPSA) is 84.8 Å². The summed E-state index contributed by atoms with van der Waals surface area (Å²) in [6.45, 7) is 1.22. The van der Waals surface area contributed by atoms with Crippen LogP contribution in [0.25, 0.3) is 0 Å². The lowest BCUT2D eigenvalue weighted by Gasteiger charge is -2.29. The summed E-state index contributed by atoms with van der Waals surface area (Å²) in [7, 11) is 0. The van der Waals surface area contributed by atoms with Crippen molar-refractivity contribution >= 4 is 23.2 Å². The number of amides is 1. The molecule has 2 heterocycles. The summed E-state index contributed by atoms with van der Waals surface area (Å²) in [5, 5.41) is 12.5. The van der Waals surface area contributed by atoms with Crippen LogP contribution < -0.4 is 10.2 Å². The molecule has 146 valence electrons. The zero-order valence-electron chi connectivity index (χ0n) is 15.7. The molecule has 0 aliphatic carbocycles.